The lowest BCUT2D eigenvalue weighted by Gasteiger charge is -2.11. The summed E-state index contributed by atoms with van der Waals surface area (Å²) < 4.78 is 43.9. The van der Waals surface area contributed by atoms with Crippen molar-refractivity contribution in [3.05, 3.63) is 35.6 Å². The molecule has 1 unspecified atom stereocenters. The van der Waals surface area contributed by atoms with Crippen molar-refractivity contribution in [2.45, 2.75) is 25.4 Å². The molecule has 1 N–H and O–H groups in total. The average molecular weight is 272 g/mol. The molecule has 1 atom stereocenters. The molecule has 0 aliphatic rings. The number of carboxylic acids is 1. The third-order valence-electron chi connectivity index (χ3n) is 2.94. The van der Waals surface area contributed by atoms with Crippen LogP contribution in [0.5, 0.6) is 0 Å². The van der Waals surface area contributed by atoms with Gasteiger partial charge in [0.2, 0.25) is 0 Å². The minimum Gasteiger partial charge on any atom is -0.481 e. The highest BCUT2D eigenvalue weighted by Gasteiger charge is 2.34. The zero-order chi connectivity index (χ0) is 14.2. The van der Waals surface area contributed by atoms with Gasteiger partial charge in [-0.15, -0.1) is 0 Å². The van der Waals surface area contributed by atoms with Gasteiger partial charge >= 0.3 is 12.1 Å². The number of hydrogen-bond acceptors (Lipinski definition) is 2. The zero-order valence-electron chi connectivity index (χ0n) is 9.99. The molecule has 0 fully saturated rings. The van der Waals surface area contributed by atoms with Crippen LogP contribution in [-0.4, -0.2) is 11.1 Å². The van der Waals surface area contributed by atoms with Gasteiger partial charge in [0.15, 0.2) is 0 Å². The highest BCUT2D eigenvalue weighted by Crippen LogP contribution is 2.39. The van der Waals surface area contributed by atoms with Crippen molar-refractivity contribution >= 4 is 16.9 Å². The molecule has 0 radical (unpaired) electrons. The largest absolute Gasteiger partial charge is 0.481 e. The molecule has 0 bridgehead atoms. The normalized spacial score (nSPS) is 13.7. The van der Waals surface area contributed by atoms with E-state index in [-0.39, 0.29) is 23.0 Å². The van der Waals surface area contributed by atoms with Gasteiger partial charge in [0.25, 0.3) is 0 Å². The minimum absolute atomic E-state index is 0.0521. The van der Waals surface area contributed by atoms with Crippen LogP contribution in [0.2, 0.25) is 0 Å². The summed E-state index contributed by atoms with van der Waals surface area (Å²) in [5.41, 5.74) is -0.418. The maximum absolute atomic E-state index is 12.9. The van der Waals surface area contributed by atoms with Crippen molar-refractivity contribution in [3.63, 3.8) is 0 Å². The van der Waals surface area contributed by atoms with E-state index >= 15 is 0 Å². The fourth-order valence-corrected chi connectivity index (χ4v) is 2.08. The van der Waals surface area contributed by atoms with E-state index in [1.807, 2.05) is 0 Å². The van der Waals surface area contributed by atoms with Crippen LogP contribution in [0, 0.1) is 0 Å². The van der Waals surface area contributed by atoms with Gasteiger partial charge in [0.05, 0.1) is 18.2 Å². The summed E-state index contributed by atoms with van der Waals surface area (Å²) in [6.07, 6.45) is -3.55. The van der Waals surface area contributed by atoms with Gasteiger partial charge in [-0.1, -0.05) is 13.0 Å². The van der Waals surface area contributed by atoms with Gasteiger partial charge in [0.1, 0.15) is 5.58 Å². The number of hydrogen-bond donors (Lipinski definition) is 1. The first-order valence-electron chi connectivity index (χ1n) is 5.60. The molecule has 0 amide bonds. The van der Waals surface area contributed by atoms with E-state index in [1.54, 1.807) is 6.92 Å². The fraction of sp³-hybridized carbons (Fsp3) is 0.308. The predicted octanol–water partition coefficient (Wildman–Crippen LogP) is 4.03. The lowest BCUT2D eigenvalue weighted by atomic mass is 9.94. The van der Waals surface area contributed by atoms with Crippen molar-refractivity contribution in [3.8, 4) is 0 Å². The molecule has 0 spiro atoms. The number of rotatable bonds is 3. The Kier molecular flexibility index (Phi) is 3.26. The maximum Gasteiger partial charge on any atom is 0.417 e. The number of aliphatic carboxylic acids is 1. The average Bonchev–Trinajstić information content (AvgIpc) is 2.69. The van der Waals surface area contributed by atoms with E-state index in [4.69, 9.17) is 9.52 Å². The SMILES string of the molecule is CC(CC(=O)O)c1coc2cccc(C(F)(F)F)c12. The van der Waals surface area contributed by atoms with E-state index in [0.717, 1.165) is 6.07 Å². The first-order valence-corrected chi connectivity index (χ1v) is 5.60. The Hall–Kier alpha value is -1.98. The summed E-state index contributed by atoms with van der Waals surface area (Å²) in [4.78, 5) is 10.7. The molecule has 3 nitrogen and oxygen atoms in total. The molecule has 1 heterocycles. The van der Waals surface area contributed by atoms with E-state index < -0.39 is 23.6 Å². The molecular formula is C13H11F3O3. The molecule has 0 saturated heterocycles. The second kappa shape index (κ2) is 4.60. The third-order valence-corrected chi connectivity index (χ3v) is 2.94. The number of alkyl halides is 3. The number of carboxylic acid groups (broad SMARTS) is 1. The standard InChI is InChI=1S/C13H11F3O3/c1-7(5-11(17)18)8-6-19-10-4-2-3-9(12(8)10)13(14,15)16/h2-4,6-7H,5H2,1H3,(H,17,18). The highest BCUT2D eigenvalue weighted by molar-refractivity contribution is 5.86. The van der Waals surface area contributed by atoms with Gasteiger partial charge in [-0.3, -0.25) is 4.79 Å². The highest BCUT2D eigenvalue weighted by atomic mass is 19.4. The Bertz CT molecular complexity index is 613. The van der Waals surface area contributed by atoms with Crippen LogP contribution in [-0.2, 0) is 11.0 Å². The Morgan fingerprint density at radius 2 is 2.11 bits per heavy atom. The lowest BCUT2D eigenvalue weighted by molar-refractivity contribution is -0.137. The molecule has 0 aliphatic carbocycles. The molecule has 6 heteroatoms. The van der Waals surface area contributed by atoms with Crippen LogP contribution in [0.15, 0.2) is 28.9 Å². The van der Waals surface area contributed by atoms with Crippen LogP contribution < -0.4 is 0 Å². The van der Waals surface area contributed by atoms with Crippen molar-refractivity contribution in [2.24, 2.45) is 0 Å². The van der Waals surface area contributed by atoms with Gasteiger partial charge in [-0.2, -0.15) is 13.2 Å². The Morgan fingerprint density at radius 3 is 2.68 bits per heavy atom. The summed E-state index contributed by atoms with van der Waals surface area (Å²) in [6, 6.07) is 3.66. The summed E-state index contributed by atoms with van der Waals surface area (Å²) in [6.45, 7) is 1.56. The van der Waals surface area contributed by atoms with E-state index in [9.17, 15) is 18.0 Å². The molecule has 19 heavy (non-hydrogen) atoms. The van der Waals surface area contributed by atoms with Crippen molar-refractivity contribution in [2.75, 3.05) is 0 Å². The van der Waals surface area contributed by atoms with Crippen LogP contribution in [0.25, 0.3) is 11.0 Å². The minimum atomic E-state index is -4.50. The molecular weight excluding hydrogens is 261 g/mol. The quantitative estimate of drug-likeness (QED) is 0.917. The predicted molar refractivity (Wildman–Crippen MR) is 61.9 cm³/mol. The molecule has 1 aromatic carbocycles. The molecule has 0 aliphatic heterocycles. The third kappa shape index (κ3) is 2.57. The van der Waals surface area contributed by atoms with E-state index in [1.165, 1.54) is 18.4 Å². The summed E-state index contributed by atoms with van der Waals surface area (Å²) >= 11 is 0. The molecule has 2 aromatic rings. The number of furan rings is 1. The van der Waals surface area contributed by atoms with Crippen molar-refractivity contribution in [1.82, 2.24) is 0 Å². The first-order chi connectivity index (χ1) is 8.80. The summed E-state index contributed by atoms with van der Waals surface area (Å²) in [5.74, 6) is -1.62. The Labute approximate surface area is 106 Å². The molecule has 102 valence electrons. The number of carbonyl (C=O) groups is 1. The smallest absolute Gasteiger partial charge is 0.417 e. The number of fused-ring (bicyclic) bond motifs is 1. The van der Waals surface area contributed by atoms with Crippen LogP contribution >= 0.6 is 0 Å². The van der Waals surface area contributed by atoms with Gasteiger partial charge in [0, 0.05) is 10.9 Å². The topological polar surface area (TPSA) is 50.4 Å². The second-order valence-electron chi connectivity index (χ2n) is 4.37. The molecule has 2 rings (SSSR count). The first kappa shape index (κ1) is 13.5. The second-order valence-corrected chi connectivity index (χ2v) is 4.37. The van der Waals surface area contributed by atoms with Gasteiger partial charge in [-0.25, -0.2) is 0 Å². The van der Waals surface area contributed by atoms with Gasteiger partial charge < -0.3 is 9.52 Å². The lowest BCUT2D eigenvalue weighted by Crippen LogP contribution is -2.08. The van der Waals surface area contributed by atoms with Gasteiger partial charge in [-0.05, 0) is 18.1 Å². The number of benzene rings is 1. The summed E-state index contributed by atoms with van der Waals surface area (Å²) in [5, 5.41) is 8.68. The van der Waals surface area contributed by atoms with Crippen LogP contribution in [0.4, 0.5) is 13.2 Å². The fourth-order valence-electron chi connectivity index (χ4n) is 2.08. The van der Waals surface area contributed by atoms with E-state index in [2.05, 4.69) is 0 Å². The zero-order valence-corrected chi connectivity index (χ0v) is 9.99. The van der Waals surface area contributed by atoms with Crippen molar-refractivity contribution < 1.29 is 27.5 Å². The Morgan fingerprint density at radius 1 is 1.42 bits per heavy atom. The van der Waals surface area contributed by atoms with Crippen LogP contribution in [0.1, 0.15) is 30.4 Å². The van der Waals surface area contributed by atoms with Crippen molar-refractivity contribution in [1.29, 1.82) is 0 Å². The van der Waals surface area contributed by atoms with E-state index in [0.29, 0.717) is 0 Å². The Balaban J connectivity index is 2.60. The maximum atomic E-state index is 12.9. The summed E-state index contributed by atoms with van der Waals surface area (Å²) in [7, 11) is 0. The number of halogens is 3. The van der Waals surface area contributed by atoms with Crippen LogP contribution in [0.3, 0.4) is 0 Å². The monoisotopic (exact) mass is 272 g/mol. The molecule has 1 aromatic heterocycles. The molecule has 0 saturated carbocycles.